The minimum atomic E-state index is 0.160. The molecule has 0 atom stereocenters. The summed E-state index contributed by atoms with van der Waals surface area (Å²) >= 11 is 0. The quantitative estimate of drug-likeness (QED) is 0.701. The van der Waals surface area contributed by atoms with Crippen molar-refractivity contribution in [2.24, 2.45) is 7.05 Å². The van der Waals surface area contributed by atoms with E-state index in [0.29, 0.717) is 0 Å². The second-order valence-electron chi connectivity index (χ2n) is 5.88. The first-order valence-corrected chi connectivity index (χ1v) is 6.31. The van der Waals surface area contributed by atoms with Gasteiger partial charge in [-0.05, 0) is 35.6 Å². The third kappa shape index (κ3) is 2.58. The van der Waals surface area contributed by atoms with Crippen LogP contribution in [0.2, 0.25) is 0 Å². The molecule has 0 amide bonds. The van der Waals surface area contributed by atoms with Gasteiger partial charge < -0.3 is 0 Å². The largest absolute Gasteiger partial charge is 0.250 e. The Hall–Kier alpha value is -1.70. The van der Waals surface area contributed by atoms with Crippen molar-refractivity contribution in [2.45, 2.75) is 33.1 Å². The molecular weight excluding hydrogens is 220 g/mol. The maximum absolute atomic E-state index is 4.47. The van der Waals surface area contributed by atoms with Gasteiger partial charge in [-0.3, -0.25) is 0 Å². The fraction of sp³-hybridized carbons (Fsp3) is 0.375. The van der Waals surface area contributed by atoms with Gasteiger partial charge >= 0.3 is 0 Å². The highest BCUT2D eigenvalue weighted by atomic mass is 14.9. The molecular formula is C16H21N2+. The molecule has 0 fully saturated rings. The normalized spacial score (nSPS) is 11.6. The molecule has 0 aromatic carbocycles. The zero-order valence-electron chi connectivity index (χ0n) is 11.9. The molecule has 0 N–H and O–H groups in total. The first-order chi connectivity index (χ1) is 8.38. The SMILES string of the molecule is Cc1ccnc(-c2cc(C(C)(C)C)cc[n+]2C)c1. The summed E-state index contributed by atoms with van der Waals surface area (Å²) in [6.07, 6.45) is 3.98. The Kier molecular flexibility index (Phi) is 3.20. The topological polar surface area (TPSA) is 16.8 Å². The number of aromatic nitrogens is 2. The lowest BCUT2D eigenvalue weighted by Crippen LogP contribution is -2.32. The standard InChI is InChI=1S/C16H21N2/c1-12-6-8-17-14(10-12)15-11-13(16(2,3)4)7-9-18(15)5/h6-11H,1-5H3/q+1. The monoisotopic (exact) mass is 241 g/mol. The van der Waals surface area contributed by atoms with Crippen molar-refractivity contribution in [1.29, 1.82) is 0 Å². The Labute approximate surface area is 109 Å². The molecule has 2 rings (SSSR count). The van der Waals surface area contributed by atoms with E-state index in [1.54, 1.807) is 0 Å². The average molecular weight is 241 g/mol. The van der Waals surface area contributed by atoms with E-state index in [4.69, 9.17) is 0 Å². The molecule has 2 aromatic rings. The summed E-state index contributed by atoms with van der Waals surface area (Å²) in [4.78, 5) is 4.47. The number of hydrogen-bond donors (Lipinski definition) is 0. The van der Waals surface area contributed by atoms with Crippen molar-refractivity contribution < 1.29 is 4.57 Å². The van der Waals surface area contributed by atoms with Crippen LogP contribution in [0.25, 0.3) is 11.4 Å². The number of rotatable bonds is 1. The van der Waals surface area contributed by atoms with Crippen LogP contribution in [0.15, 0.2) is 36.7 Å². The van der Waals surface area contributed by atoms with E-state index in [1.165, 1.54) is 11.1 Å². The highest BCUT2D eigenvalue weighted by Gasteiger charge is 2.19. The second kappa shape index (κ2) is 4.52. The molecule has 18 heavy (non-hydrogen) atoms. The van der Waals surface area contributed by atoms with Gasteiger partial charge in [0.2, 0.25) is 5.69 Å². The molecule has 0 bridgehead atoms. The summed E-state index contributed by atoms with van der Waals surface area (Å²) in [5.74, 6) is 0. The van der Waals surface area contributed by atoms with E-state index in [9.17, 15) is 0 Å². The van der Waals surface area contributed by atoms with Gasteiger partial charge in [0.1, 0.15) is 12.7 Å². The maximum atomic E-state index is 4.47. The average Bonchev–Trinajstić information content (AvgIpc) is 2.28. The number of nitrogens with zero attached hydrogens (tertiary/aromatic N) is 2. The van der Waals surface area contributed by atoms with Crippen LogP contribution in [-0.2, 0) is 12.5 Å². The third-order valence-electron chi connectivity index (χ3n) is 3.19. The first kappa shape index (κ1) is 12.7. The Bertz CT molecular complexity index is 566. The highest BCUT2D eigenvalue weighted by molar-refractivity contribution is 5.53. The van der Waals surface area contributed by atoms with E-state index in [1.807, 2.05) is 12.3 Å². The van der Waals surface area contributed by atoms with Crippen molar-refractivity contribution in [2.75, 3.05) is 0 Å². The fourth-order valence-electron chi connectivity index (χ4n) is 1.97. The molecule has 0 saturated heterocycles. The zero-order valence-corrected chi connectivity index (χ0v) is 11.9. The van der Waals surface area contributed by atoms with Crippen LogP contribution >= 0.6 is 0 Å². The Balaban J connectivity index is 2.57. The lowest BCUT2D eigenvalue weighted by Gasteiger charge is -2.18. The molecule has 0 radical (unpaired) electrons. The maximum Gasteiger partial charge on any atom is 0.231 e. The van der Waals surface area contributed by atoms with E-state index in [2.05, 4.69) is 68.7 Å². The second-order valence-corrected chi connectivity index (χ2v) is 5.88. The zero-order chi connectivity index (χ0) is 13.3. The Morgan fingerprint density at radius 2 is 1.83 bits per heavy atom. The molecule has 0 aliphatic rings. The summed E-state index contributed by atoms with van der Waals surface area (Å²) in [6.45, 7) is 8.79. The van der Waals surface area contributed by atoms with Gasteiger partial charge in [-0.2, -0.15) is 4.57 Å². The molecule has 2 nitrogen and oxygen atoms in total. The van der Waals surface area contributed by atoms with Crippen LogP contribution in [0.3, 0.4) is 0 Å². The fourth-order valence-corrected chi connectivity index (χ4v) is 1.97. The van der Waals surface area contributed by atoms with Crippen molar-refractivity contribution >= 4 is 0 Å². The minimum Gasteiger partial charge on any atom is -0.250 e. The summed E-state index contributed by atoms with van der Waals surface area (Å²) in [5.41, 5.74) is 4.92. The molecule has 0 aliphatic heterocycles. The summed E-state index contributed by atoms with van der Waals surface area (Å²) in [5, 5.41) is 0. The van der Waals surface area contributed by atoms with Crippen molar-refractivity contribution in [1.82, 2.24) is 4.98 Å². The van der Waals surface area contributed by atoms with Crippen LogP contribution in [0.4, 0.5) is 0 Å². The van der Waals surface area contributed by atoms with Gasteiger partial charge in [-0.25, -0.2) is 4.98 Å². The summed E-state index contributed by atoms with van der Waals surface area (Å²) < 4.78 is 2.12. The summed E-state index contributed by atoms with van der Waals surface area (Å²) in [6, 6.07) is 8.57. The molecule has 94 valence electrons. The first-order valence-electron chi connectivity index (χ1n) is 6.31. The smallest absolute Gasteiger partial charge is 0.231 e. The van der Waals surface area contributed by atoms with E-state index >= 15 is 0 Å². The van der Waals surface area contributed by atoms with Crippen LogP contribution in [0.5, 0.6) is 0 Å². The van der Waals surface area contributed by atoms with Crippen LogP contribution in [-0.4, -0.2) is 4.98 Å². The van der Waals surface area contributed by atoms with Crippen LogP contribution < -0.4 is 4.57 Å². The molecule has 2 aromatic heterocycles. The highest BCUT2D eigenvalue weighted by Crippen LogP contribution is 2.24. The molecule has 0 aliphatic carbocycles. The molecule has 2 heterocycles. The van der Waals surface area contributed by atoms with Gasteiger partial charge in [0.25, 0.3) is 0 Å². The van der Waals surface area contributed by atoms with E-state index < -0.39 is 0 Å². The third-order valence-corrected chi connectivity index (χ3v) is 3.19. The van der Waals surface area contributed by atoms with E-state index in [0.717, 1.165) is 11.4 Å². The van der Waals surface area contributed by atoms with Gasteiger partial charge in [0.05, 0.1) is 0 Å². The van der Waals surface area contributed by atoms with Crippen LogP contribution in [0.1, 0.15) is 31.9 Å². The molecule has 2 heteroatoms. The predicted molar refractivity (Wildman–Crippen MR) is 74.3 cm³/mol. The van der Waals surface area contributed by atoms with Crippen LogP contribution in [0, 0.1) is 6.92 Å². The Morgan fingerprint density at radius 3 is 2.44 bits per heavy atom. The van der Waals surface area contributed by atoms with Gasteiger partial charge in [0, 0.05) is 18.3 Å². The van der Waals surface area contributed by atoms with Crippen molar-refractivity contribution in [3.8, 4) is 11.4 Å². The molecule has 0 spiro atoms. The van der Waals surface area contributed by atoms with Gasteiger partial charge in [-0.1, -0.05) is 20.8 Å². The molecule has 0 saturated carbocycles. The number of aryl methyl sites for hydroxylation is 2. The van der Waals surface area contributed by atoms with Gasteiger partial charge in [-0.15, -0.1) is 0 Å². The predicted octanol–water partition coefficient (Wildman–Crippen LogP) is 3.18. The molecule has 0 unspecified atom stereocenters. The van der Waals surface area contributed by atoms with Crippen molar-refractivity contribution in [3.63, 3.8) is 0 Å². The summed E-state index contributed by atoms with van der Waals surface area (Å²) in [7, 11) is 2.06. The van der Waals surface area contributed by atoms with Gasteiger partial charge in [0.15, 0.2) is 6.20 Å². The minimum absolute atomic E-state index is 0.160. The lowest BCUT2D eigenvalue weighted by molar-refractivity contribution is -0.660. The van der Waals surface area contributed by atoms with E-state index in [-0.39, 0.29) is 5.41 Å². The Morgan fingerprint density at radius 1 is 1.11 bits per heavy atom. The van der Waals surface area contributed by atoms with Crippen molar-refractivity contribution in [3.05, 3.63) is 47.8 Å². The number of pyridine rings is 2. The lowest BCUT2D eigenvalue weighted by atomic mass is 9.87. The number of hydrogen-bond acceptors (Lipinski definition) is 1.